The third kappa shape index (κ3) is 12.6. The van der Waals surface area contributed by atoms with Gasteiger partial charge in [-0.1, -0.05) is 34.6 Å². The van der Waals surface area contributed by atoms with E-state index in [4.69, 9.17) is 11.6 Å². The van der Waals surface area contributed by atoms with Crippen molar-refractivity contribution in [1.29, 1.82) is 0 Å². The van der Waals surface area contributed by atoms with Crippen LogP contribution in [0.15, 0.2) is 23.0 Å². The van der Waals surface area contributed by atoms with Crippen LogP contribution in [0.1, 0.15) is 68.7 Å². The number of rotatable bonds is 6. The molecule has 0 spiro atoms. The first-order chi connectivity index (χ1) is 13.8. The van der Waals surface area contributed by atoms with Crippen molar-refractivity contribution in [2.75, 3.05) is 47.3 Å². The van der Waals surface area contributed by atoms with Gasteiger partial charge >= 0.3 is 0 Å². The fourth-order valence-corrected chi connectivity index (χ4v) is 3.80. The number of Topliss-reactive ketones (excluding diaryl/α,β-unsaturated/α-hetero) is 1. The molecular weight excluding hydrogens is 396 g/mol. The van der Waals surface area contributed by atoms with Crippen molar-refractivity contribution in [2.24, 2.45) is 5.41 Å². The molecule has 1 aliphatic heterocycles. The summed E-state index contributed by atoms with van der Waals surface area (Å²) in [6.07, 6.45) is 3.15. The zero-order valence-corrected chi connectivity index (χ0v) is 22.6. The smallest absolute Gasteiger partial charge is 0.126 e. The van der Waals surface area contributed by atoms with Gasteiger partial charge in [-0.2, -0.15) is 0 Å². The minimum absolute atomic E-state index is 0.00411. The highest BCUT2D eigenvalue weighted by molar-refractivity contribution is 6.21. The number of hydrogen-bond donors (Lipinski definition) is 1. The van der Waals surface area contributed by atoms with Gasteiger partial charge in [0.15, 0.2) is 0 Å². The molecule has 1 heterocycles. The fraction of sp³-hybridized carbons (Fsp3) is 0.792. The fourth-order valence-electron chi connectivity index (χ4n) is 3.68. The zero-order chi connectivity index (χ0) is 24.1. The third-order valence-electron chi connectivity index (χ3n) is 4.69. The number of hydrogen-bond acceptors (Lipinski definition) is 5. The molecule has 0 radical (unpaired) electrons. The molecule has 30 heavy (non-hydrogen) atoms. The first-order valence-electron chi connectivity index (χ1n) is 11.2. The van der Waals surface area contributed by atoms with Gasteiger partial charge in [-0.3, -0.25) is 0 Å². The summed E-state index contributed by atoms with van der Waals surface area (Å²) in [5.74, 6) is 0.167. The number of carbonyl (C=O) groups excluding carboxylic acids is 1. The van der Waals surface area contributed by atoms with Crippen molar-refractivity contribution in [3.8, 4) is 0 Å². The standard InChI is InChI=1S/C19H37ClN4.C3H6O.C2H6/c1-9-17(16(3)18(12-15(2)20)23(8)21-6)24-11-10-22(7)13-19(4,5)14-24;1-3(2)4;1-2/h12,15,21H,9-11,13-14H2,1-8H3;1-2H3;1-2H3/b17-16+,18-12+;;. The van der Waals surface area contributed by atoms with E-state index in [0.717, 1.165) is 38.3 Å². The van der Waals surface area contributed by atoms with Crippen molar-refractivity contribution >= 4 is 17.4 Å². The van der Waals surface area contributed by atoms with E-state index >= 15 is 0 Å². The molecule has 0 amide bonds. The van der Waals surface area contributed by atoms with Crippen LogP contribution in [0.5, 0.6) is 0 Å². The molecule has 1 N–H and O–H groups in total. The van der Waals surface area contributed by atoms with E-state index in [0.29, 0.717) is 0 Å². The van der Waals surface area contributed by atoms with Crippen molar-refractivity contribution < 1.29 is 4.79 Å². The molecule has 0 saturated carbocycles. The summed E-state index contributed by atoms with van der Waals surface area (Å²) < 4.78 is 0. The van der Waals surface area contributed by atoms with Gasteiger partial charge in [-0.15, -0.1) is 11.6 Å². The highest BCUT2D eigenvalue weighted by Gasteiger charge is 2.29. The number of halogens is 1. The highest BCUT2D eigenvalue weighted by atomic mass is 35.5. The lowest BCUT2D eigenvalue weighted by Crippen LogP contribution is -2.36. The summed E-state index contributed by atoms with van der Waals surface area (Å²) in [5.41, 5.74) is 7.38. The van der Waals surface area contributed by atoms with Crippen molar-refractivity contribution in [3.63, 3.8) is 0 Å². The van der Waals surface area contributed by atoms with Gasteiger partial charge < -0.3 is 19.6 Å². The maximum absolute atomic E-state index is 9.44. The molecule has 0 aliphatic carbocycles. The van der Waals surface area contributed by atoms with E-state index in [1.54, 1.807) is 0 Å². The second-order valence-electron chi connectivity index (χ2n) is 8.67. The van der Waals surface area contributed by atoms with Crippen LogP contribution in [0, 0.1) is 5.41 Å². The Labute approximate surface area is 192 Å². The molecule has 1 atom stereocenters. The monoisotopic (exact) mass is 444 g/mol. The molecule has 5 nitrogen and oxygen atoms in total. The lowest BCUT2D eigenvalue weighted by molar-refractivity contribution is -0.114. The quantitative estimate of drug-likeness (QED) is 0.348. The van der Waals surface area contributed by atoms with E-state index in [1.807, 2.05) is 34.9 Å². The average Bonchev–Trinajstić information content (AvgIpc) is 2.77. The molecule has 0 aromatic carbocycles. The van der Waals surface area contributed by atoms with E-state index in [2.05, 4.69) is 61.1 Å². The number of ketones is 1. The summed E-state index contributed by atoms with van der Waals surface area (Å²) in [6.45, 7) is 22.7. The van der Waals surface area contributed by atoms with E-state index < -0.39 is 0 Å². The summed E-state index contributed by atoms with van der Waals surface area (Å²) in [6, 6.07) is 0. The number of hydrazine groups is 1. The molecular formula is C24H49ClN4O. The molecule has 0 aromatic heterocycles. The van der Waals surface area contributed by atoms with E-state index in [1.165, 1.54) is 25.1 Å². The SMILES string of the molecule is CC.CC(C)=O.CC/C(=C(C)\C(=C/C(C)Cl)N(C)NC)N1CCN(C)CC(C)(C)C1. The Morgan fingerprint density at radius 3 is 2.10 bits per heavy atom. The van der Waals surface area contributed by atoms with Crippen LogP contribution in [-0.2, 0) is 4.79 Å². The Morgan fingerprint density at radius 2 is 1.70 bits per heavy atom. The summed E-state index contributed by atoms with van der Waals surface area (Å²) in [4.78, 5) is 14.5. The number of carbonyl (C=O) groups is 1. The molecule has 0 aromatic rings. The van der Waals surface area contributed by atoms with Crippen LogP contribution >= 0.6 is 11.6 Å². The zero-order valence-electron chi connectivity index (χ0n) is 21.8. The number of alkyl halides is 1. The molecule has 1 fully saturated rings. The molecule has 1 rings (SSSR count). The summed E-state index contributed by atoms with van der Waals surface area (Å²) in [7, 11) is 6.21. The summed E-state index contributed by atoms with van der Waals surface area (Å²) in [5, 5.41) is 2.05. The summed E-state index contributed by atoms with van der Waals surface area (Å²) >= 11 is 6.27. The topological polar surface area (TPSA) is 38.8 Å². The number of nitrogens with zero attached hydrogens (tertiary/aromatic N) is 3. The molecule has 1 unspecified atom stereocenters. The van der Waals surface area contributed by atoms with Crippen molar-refractivity contribution in [1.82, 2.24) is 20.2 Å². The van der Waals surface area contributed by atoms with Gasteiger partial charge in [0.25, 0.3) is 0 Å². The normalized spacial score (nSPS) is 18.7. The lowest BCUT2D eigenvalue weighted by atomic mass is 9.92. The van der Waals surface area contributed by atoms with E-state index in [-0.39, 0.29) is 16.6 Å². The van der Waals surface area contributed by atoms with Crippen LogP contribution in [0.2, 0.25) is 0 Å². The lowest BCUT2D eigenvalue weighted by Gasteiger charge is -2.35. The maximum atomic E-state index is 9.44. The second kappa shape index (κ2) is 15.7. The molecule has 6 heteroatoms. The van der Waals surface area contributed by atoms with Gasteiger partial charge in [0.2, 0.25) is 0 Å². The van der Waals surface area contributed by atoms with Gasteiger partial charge in [0.05, 0.1) is 11.1 Å². The van der Waals surface area contributed by atoms with Gasteiger partial charge in [-0.25, -0.2) is 5.43 Å². The first-order valence-corrected chi connectivity index (χ1v) is 11.7. The van der Waals surface area contributed by atoms with E-state index in [9.17, 15) is 4.79 Å². The largest absolute Gasteiger partial charge is 0.373 e. The minimum atomic E-state index is -0.00411. The van der Waals surface area contributed by atoms with Crippen LogP contribution in [-0.4, -0.2) is 73.3 Å². The van der Waals surface area contributed by atoms with Crippen molar-refractivity contribution in [3.05, 3.63) is 23.0 Å². The Hall–Kier alpha value is -1.04. The van der Waals surface area contributed by atoms with Crippen LogP contribution in [0.3, 0.4) is 0 Å². The van der Waals surface area contributed by atoms with Crippen molar-refractivity contribution in [2.45, 2.75) is 74.1 Å². The number of nitrogens with one attached hydrogen (secondary N) is 1. The Bertz CT molecular complexity index is 551. The van der Waals surface area contributed by atoms with Gasteiger partial charge in [-0.05, 0) is 58.2 Å². The molecule has 1 aliphatic rings. The Balaban J connectivity index is 0. The predicted octanol–water partition coefficient (Wildman–Crippen LogP) is 5.14. The molecule has 1 saturated heterocycles. The van der Waals surface area contributed by atoms with Crippen LogP contribution < -0.4 is 5.43 Å². The third-order valence-corrected chi connectivity index (χ3v) is 4.81. The number of allylic oxidation sites excluding steroid dienone is 3. The molecule has 0 bridgehead atoms. The van der Waals surface area contributed by atoms with Gasteiger partial charge in [0.1, 0.15) is 5.78 Å². The second-order valence-corrected chi connectivity index (χ2v) is 9.36. The Kier molecular flexibility index (Phi) is 16.3. The maximum Gasteiger partial charge on any atom is 0.126 e. The average molecular weight is 445 g/mol. The minimum Gasteiger partial charge on any atom is -0.373 e. The molecule has 178 valence electrons. The van der Waals surface area contributed by atoms with Crippen LogP contribution in [0.25, 0.3) is 0 Å². The predicted molar refractivity (Wildman–Crippen MR) is 134 cm³/mol. The first kappa shape index (κ1) is 31.1. The van der Waals surface area contributed by atoms with Gasteiger partial charge in [0, 0.05) is 46.0 Å². The highest BCUT2D eigenvalue weighted by Crippen LogP contribution is 2.28. The van der Waals surface area contributed by atoms with Crippen LogP contribution in [0.4, 0.5) is 0 Å². The Morgan fingerprint density at radius 1 is 1.20 bits per heavy atom. The number of likely N-dealkylation sites (N-methyl/N-ethyl adjacent to an activating group) is 2.